The van der Waals surface area contributed by atoms with Crippen LogP contribution in [0, 0.1) is 6.92 Å². The van der Waals surface area contributed by atoms with Gasteiger partial charge in [0.05, 0.1) is 12.2 Å². The molecule has 0 aliphatic rings. The highest BCUT2D eigenvalue weighted by Crippen LogP contribution is 2.21. The van der Waals surface area contributed by atoms with Gasteiger partial charge in [0.25, 0.3) is 0 Å². The molecule has 7 heteroatoms. The van der Waals surface area contributed by atoms with E-state index in [4.69, 9.17) is 0 Å². The molecule has 2 N–H and O–H groups in total. The van der Waals surface area contributed by atoms with E-state index in [1.807, 2.05) is 37.2 Å². The molecule has 2 aromatic rings. The third-order valence-electron chi connectivity index (χ3n) is 3.80. The number of hydrogen-bond donors (Lipinski definition) is 2. The van der Waals surface area contributed by atoms with Gasteiger partial charge in [0.2, 0.25) is 0 Å². The molecule has 5 nitrogen and oxygen atoms in total. The van der Waals surface area contributed by atoms with Crippen molar-refractivity contribution < 1.29 is 0 Å². The maximum absolute atomic E-state index is 4.61. The Labute approximate surface area is 178 Å². The van der Waals surface area contributed by atoms with Crippen LogP contribution in [0.5, 0.6) is 0 Å². The van der Waals surface area contributed by atoms with E-state index in [0.717, 1.165) is 24.0 Å². The fourth-order valence-electron chi connectivity index (χ4n) is 2.39. The van der Waals surface area contributed by atoms with Gasteiger partial charge in [0.15, 0.2) is 5.96 Å². The molecule has 0 spiro atoms. The van der Waals surface area contributed by atoms with Crippen LogP contribution in [0.1, 0.15) is 16.8 Å². The first-order valence-electron chi connectivity index (χ1n) is 8.24. The minimum atomic E-state index is 0. The Hall–Kier alpha value is -1.48. The largest absolute Gasteiger partial charge is 0.363 e. The minimum Gasteiger partial charge on any atom is -0.363 e. The van der Waals surface area contributed by atoms with Crippen molar-refractivity contribution in [3.8, 4) is 0 Å². The Bertz CT molecular complexity index is 734. The zero-order chi connectivity index (χ0) is 18.2. The van der Waals surface area contributed by atoms with Crippen molar-refractivity contribution in [2.75, 3.05) is 32.3 Å². The van der Waals surface area contributed by atoms with Gasteiger partial charge in [-0.25, -0.2) is 4.98 Å². The van der Waals surface area contributed by atoms with Crippen LogP contribution in [-0.2, 0) is 13.1 Å². The predicted octanol–water partition coefficient (Wildman–Crippen LogP) is 3.66. The highest BCUT2D eigenvalue weighted by molar-refractivity contribution is 14.0. The second kappa shape index (κ2) is 11.3. The fraction of sp³-hybridized carbons (Fsp3) is 0.368. The van der Waals surface area contributed by atoms with E-state index < -0.39 is 0 Å². The number of thioether (sulfide) groups is 1. The molecular weight excluding hydrogens is 457 g/mol. The lowest BCUT2D eigenvalue weighted by molar-refractivity contribution is 0.787. The number of halogens is 1. The lowest BCUT2D eigenvalue weighted by Crippen LogP contribution is -2.36. The van der Waals surface area contributed by atoms with E-state index in [1.165, 1.54) is 16.0 Å². The summed E-state index contributed by atoms with van der Waals surface area (Å²) < 4.78 is 0. The van der Waals surface area contributed by atoms with Crippen molar-refractivity contribution in [2.45, 2.75) is 24.9 Å². The Balaban J connectivity index is 0.00000338. The summed E-state index contributed by atoms with van der Waals surface area (Å²) in [4.78, 5) is 12.2. The Morgan fingerprint density at radius 3 is 2.54 bits per heavy atom. The normalized spacial score (nSPS) is 10.9. The van der Waals surface area contributed by atoms with Gasteiger partial charge in [-0.05, 0) is 42.5 Å². The molecule has 1 aromatic heterocycles. The fourth-order valence-corrected chi connectivity index (χ4v) is 3.09. The van der Waals surface area contributed by atoms with E-state index >= 15 is 0 Å². The molecule has 0 amide bonds. The van der Waals surface area contributed by atoms with Gasteiger partial charge in [-0.2, -0.15) is 0 Å². The molecule has 0 fully saturated rings. The molecule has 1 aromatic carbocycles. The highest BCUT2D eigenvalue weighted by Gasteiger charge is 2.05. The zero-order valence-corrected chi connectivity index (χ0v) is 19.2. The van der Waals surface area contributed by atoms with E-state index in [-0.39, 0.29) is 24.0 Å². The molecule has 2 rings (SSSR count). The number of hydrogen-bond acceptors (Lipinski definition) is 4. The summed E-state index contributed by atoms with van der Waals surface area (Å²) in [5, 5.41) is 6.70. The van der Waals surface area contributed by atoms with E-state index in [2.05, 4.69) is 52.0 Å². The van der Waals surface area contributed by atoms with Crippen molar-refractivity contribution in [1.82, 2.24) is 15.6 Å². The first-order valence-corrected chi connectivity index (χ1v) is 9.47. The number of anilines is 1. The lowest BCUT2D eigenvalue weighted by atomic mass is 10.1. The predicted molar refractivity (Wildman–Crippen MR) is 124 cm³/mol. The smallest absolute Gasteiger partial charge is 0.191 e. The van der Waals surface area contributed by atoms with Crippen molar-refractivity contribution in [3.63, 3.8) is 0 Å². The second-order valence-corrected chi connectivity index (χ2v) is 6.82. The van der Waals surface area contributed by atoms with E-state index in [0.29, 0.717) is 6.54 Å². The molecule has 142 valence electrons. The second-order valence-electron chi connectivity index (χ2n) is 5.98. The van der Waals surface area contributed by atoms with Gasteiger partial charge in [-0.1, -0.05) is 18.2 Å². The van der Waals surface area contributed by atoms with Gasteiger partial charge < -0.3 is 15.5 Å². The molecule has 0 aliphatic carbocycles. The Morgan fingerprint density at radius 2 is 1.88 bits per heavy atom. The molecule has 0 bridgehead atoms. The third kappa shape index (κ3) is 6.68. The number of aryl methyl sites for hydroxylation is 1. The summed E-state index contributed by atoms with van der Waals surface area (Å²) in [5.74, 6) is 1.72. The van der Waals surface area contributed by atoms with Crippen LogP contribution in [-0.4, -0.2) is 38.3 Å². The number of rotatable bonds is 6. The van der Waals surface area contributed by atoms with Gasteiger partial charge in [-0.15, -0.1) is 35.7 Å². The van der Waals surface area contributed by atoms with E-state index in [9.17, 15) is 0 Å². The van der Waals surface area contributed by atoms with Crippen molar-refractivity contribution >= 4 is 47.5 Å². The van der Waals surface area contributed by atoms with Gasteiger partial charge >= 0.3 is 0 Å². The molecule has 0 saturated heterocycles. The average Bonchev–Trinajstić information content (AvgIpc) is 2.62. The van der Waals surface area contributed by atoms with Crippen LogP contribution in [0.25, 0.3) is 0 Å². The van der Waals surface area contributed by atoms with E-state index in [1.54, 1.807) is 18.8 Å². The number of aliphatic imine (C=N–C) groups is 1. The van der Waals surface area contributed by atoms with Crippen molar-refractivity contribution in [3.05, 3.63) is 53.2 Å². The SMILES string of the molecule is CN=C(NCc1cccc(N(C)C)n1)NCc1ccc(C)cc1SC.I. The van der Waals surface area contributed by atoms with Crippen LogP contribution >= 0.6 is 35.7 Å². The zero-order valence-electron chi connectivity index (χ0n) is 16.0. The summed E-state index contributed by atoms with van der Waals surface area (Å²) in [6.45, 7) is 3.48. The Morgan fingerprint density at radius 1 is 1.15 bits per heavy atom. The van der Waals surface area contributed by atoms with Gasteiger partial charge in [-0.3, -0.25) is 4.99 Å². The van der Waals surface area contributed by atoms with Crippen LogP contribution in [0.3, 0.4) is 0 Å². The maximum Gasteiger partial charge on any atom is 0.191 e. The number of aromatic nitrogens is 1. The third-order valence-corrected chi connectivity index (χ3v) is 4.62. The molecule has 1 heterocycles. The molecule has 0 saturated carbocycles. The highest BCUT2D eigenvalue weighted by atomic mass is 127. The minimum absolute atomic E-state index is 0. The maximum atomic E-state index is 4.61. The first kappa shape index (κ1) is 22.6. The number of nitrogens with zero attached hydrogens (tertiary/aromatic N) is 3. The molecular formula is C19H28IN5S. The molecule has 26 heavy (non-hydrogen) atoms. The van der Waals surface area contributed by atoms with Crippen molar-refractivity contribution in [1.29, 1.82) is 0 Å². The van der Waals surface area contributed by atoms with Gasteiger partial charge in [0, 0.05) is 32.6 Å². The summed E-state index contributed by atoms with van der Waals surface area (Å²) in [6.07, 6.45) is 2.11. The van der Waals surface area contributed by atoms with Crippen LogP contribution in [0.4, 0.5) is 5.82 Å². The number of nitrogens with one attached hydrogen (secondary N) is 2. The van der Waals surface area contributed by atoms with Crippen LogP contribution < -0.4 is 15.5 Å². The summed E-state index contributed by atoms with van der Waals surface area (Å²) >= 11 is 1.77. The molecule has 0 radical (unpaired) electrons. The van der Waals surface area contributed by atoms with Crippen LogP contribution in [0.15, 0.2) is 46.3 Å². The van der Waals surface area contributed by atoms with Crippen molar-refractivity contribution in [2.24, 2.45) is 4.99 Å². The van der Waals surface area contributed by atoms with Crippen LogP contribution in [0.2, 0.25) is 0 Å². The topological polar surface area (TPSA) is 52.6 Å². The summed E-state index contributed by atoms with van der Waals surface area (Å²) in [5.41, 5.74) is 3.53. The number of benzene rings is 1. The monoisotopic (exact) mass is 485 g/mol. The number of pyridine rings is 1. The lowest BCUT2D eigenvalue weighted by Gasteiger charge is -2.15. The average molecular weight is 485 g/mol. The number of guanidine groups is 1. The first-order chi connectivity index (χ1) is 12.0. The molecule has 0 atom stereocenters. The van der Waals surface area contributed by atoms with Gasteiger partial charge in [0.1, 0.15) is 5.82 Å². The summed E-state index contributed by atoms with van der Waals surface area (Å²) in [6, 6.07) is 12.6. The quantitative estimate of drug-likeness (QED) is 0.283. The molecule has 0 unspecified atom stereocenters. The summed E-state index contributed by atoms with van der Waals surface area (Å²) in [7, 11) is 5.76. The standard InChI is InChI=1S/C19H27N5S.HI/c1-14-9-10-15(17(11-14)25-5)12-21-19(20-2)22-13-16-7-6-8-18(23-16)24(3)4;/h6-11H,12-13H2,1-5H3,(H2,20,21,22);1H. The molecule has 0 aliphatic heterocycles. The Kier molecular flexibility index (Phi) is 9.79.